The van der Waals surface area contributed by atoms with E-state index in [-0.39, 0.29) is 19.1 Å². The molecule has 0 spiro atoms. The zero-order chi connectivity index (χ0) is 25.0. The van der Waals surface area contributed by atoms with Crippen LogP contribution in [0.1, 0.15) is 16.7 Å². The van der Waals surface area contributed by atoms with E-state index in [1.807, 2.05) is 25.1 Å². The maximum atomic E-state index is 12.2. The molecule has 0 aromatic heterocycles. The van der Waals surface area contributed by atoms with Crippen LogP contribution in [0.15, 0.2) is 77.9 Å². The van der Waals surface area contributed by atoms with Gasteiger partial charge in [-0.3, -0.25) is 14.4 Å². The second-order valence-corrected chi connectivity index (χ2v) is 7.47. The zero-order valence-electron chi connectivity index (χ0n) is 19.4. The van der Waals surface area contributed by atoms with Gasteiger partial charge < -0.3 is 20.1 Å². The van der Waals surface area contributed by atoms with Crippen LogP contribution in [0.3, 0.4) is 0 Å². The first kappa shape index (κ1) is 25.0. The predicted molar refractivity (Wildman–Crippen MR) is 132 cm³/mol. The summed E-state index contributed by atoms with van der Waals surface area (Å²) in [6.07, 6.45) is 1.34. The van der Waals surface area contributed by atoms with Crippen molar-refractivity contribution in [3.8, 4) is 11.5 Å². The molecule has 0 saturated carbocycles. The SMILES string of the molecule is COc1ccc(CNC(=O)C(=O)N/N=C\c2ccccc2OCC(=O)Nc2cccc(C)c2)cc1. The number of nitrogens with zero attached hydrogens (tertiary/aromatic N) is 1. The fourth-order valence-corrected chi connectivity index (χ4v) is 3.00. The molecule has 3 aromatic rings. The second kappa shape index (κ2) is 12.5. The molecule has 35 heavy (non-hydrogen) atoms. The third-order valence-corrected chi connectivity index (χ3v) is 4.77. The highest BCUT2D eigenvalue weighted by Crippen LogP contribution is 2.16. The second-order valence-electron chi connectivity index (χ2n) is 7.47. The predicted octanol–water partition coefficient (Wildman–Crippen LogP) is 2.79. The van der Waals surface area contributed by atoms with Crippen LogP contribution in [0.2, 0.25) is 0 Å². The van der Waals surface area contributed by atoms with Crippen molar-refractivity contribution < 1.29 is 23.9 Å². The van der Waals surface area contributed by atoms with Gasteiger partial charge in [0.25, 0.3) is 5.91 Å². The van der Waals surface area contributed by atoms with Gasteiger partial charge in [-0.25, -0.2) is 5.43 Å². The highest BCUT2D eigenvalue weighted by Gasteiger charge is 2.12. The molecule has 0 atom stereocenters. The van der Waals surface area contributed by atoms with Crippen LogP contribution in [0, 0.1) is 6.92 Å². The van der Waals surface area contributed by atoms with Crippen molar-refractivity contribution in [1.29, 1.82) is 0 Å². The van der Waals surface area contributed by atoms with E-state index in [4.69, 9.17) is 9.47 Å². The number of para-hydroxylation sites is 1. The van der Waals surface area contributed by atoms with Gasteiger partial charge in [-0.1, -0.05) is 36.4 Å². The van der Waals surface area contributed by atoms with E-state index in [1.165, 1.54) is 6.21 Å². The topological polar surface area (TPSA) is 118 Å². The Labute approximate surface area is 203 Å². The van der Waals surface area contributed by atoms with Crippen molar-refractivity contribution >= 4 is 29.6 Å². The molecular formula is C26H26N4O5. The Bertz CT molecular complexity index is 1210. The summed E-state index contributed by atoms with van der Waals surface area (Å²) < 4.78 is 10.7. The van der Waals surface area contributed by atoms with Gasteiger partial charge in [0.05, 0.1) is 13.3 Å². The van der Waals surface area contributed by atoms with E-state index in [9.17, 15) is 14.4 Å². The largest absolute Gasteiger partial charge is 0.497 e. The molecule has 3 N–H and O–H groups in total. The first-order valence-electron chi connectivity index (χ1n) is 10.8. The minimum atomic E-state index is -0.911. The number of aryl methyl sites for hydroxylation is 1. The summed E-state index contributed by atoms with van der Waals surface area (Å²) in [5.41, 5.74) is 5.23. The quantitative estimate of drug-likeness (QED) is 0.250. The molecule has 3 rings (SSSR count). The molecule has 0 radical (unpaired) electrons. The number of carbonyl (C=O) groups is 3. The first-order chi connectivity index (χ1) is 16.9. The number of hydrazone groups is 1. The molecule has 0 heterocycles. The van der Waals surface area contributed by atoms with Crippen molar-refractivity contribution in [3.63, 3.8) is 0 Å². The summed E-state index contributed by atoms with van der Waals surface area (Å²) in [6.45, 7) is 1.91. The summed E-state index contributed by atoms with van der Waals surface area (Å²) in [4.78, 5) is 36.2. The van der Waals surface area contributed by atoms with E-state index in [2.05, 4.69) is 21.2 Å². The smallest absolute Gasteiger partial charge is 0.329 e. The Morgan fingerprint density at radius 3 is 2.46 bits per heavy atom. The van der Waals surface area contributed by atoms with Gasteiger partial charge in [0.2, 0.25) is 0 Å². The molecular weight excluding hydrogens is 448 g/mol. The number of anilines is 1. The Morgan fingerprint density at radius 1 is 0.943 bits per heavy atom. The highest BCUT2D eigenvalue weighted by atomic mass is 16.5. The molecule has 0 saturated heterocycles. The molecule has 0 aliphatic carbocycles. The van der Waals surface area contributed by atoms with Crippen molar-refractivity contribution in [3.05, 3.63) is 89.5 Å². The van der Waals surface area contributed by atoms with Gasteiger partial charge in [-0.15, -0.1) is 0 Å². The number of benzene rings is 3. The van der Waals surface area contributed by atoms with E-state index < -0.39 is 11.8 Å². The number of rotatable bonds is 9. The molecule has 3 amide bonds. The summed E-state index contributed by atoms with van der Waals surface area (Å²) in [6, 6.07) is 21.4. The fourth-order valence-electron chi connectivity index (χ4n) is 3.00. The molecule has 0 aliphatic heterocycles. The Hall–Kier alpha value is -4.66. The van der Waals surface area contributed by atoms with Crippen molar-refractivity contribution in [2.45, 2.75) is 13.5 Å². The lowest BCUT2D eigenvalue weighted by Crippen LogP contribution is -2.37. The summed E-state index contributed by atoms with van der Waals surface area (Å²) >= 11 is 0. The number of nitrogens with one attached hydrogen (secondary N) is 3. The number of hydrogen-bond donors (Lipinski definition) is 3. The standard InChI is InChI=1S/C26H26N4O5/c1-18-6-5-8-21(14-18)29-24(31)17-35-23-9-4-3-7-20(23)16-28-30-26(33)25(32)27-15-19-10-12-22(34-2)13-11-19/h3-14,16H,15,17H2,1-2H3,(H,27,32)(H,29,31)(H,30,33)/b28-16-. The van der Waals surface area contributed by atoms with Crippen LogP contribution in [0.5, 0.6) is 11.5 Å². The van der Waals surface area contributed by atoms with Gasteiger partial charge in [0.15, 0.2) is 6.61 Å². The van der Waals surface area contributed by atoms with Gasteiger partial charge in [0, 0.05) is 17.8 Å². The number of ether oxygens (including phenoxy) is 2. The summed E-state index contributed by atoms with van der Waals surface area (Å²) in [5.74, 6) is -0.956. The van der Waals surface area contributed by atoms with Gasteiger partial charge in [0.1, 0.15) is 11.5 Å². The number of carbonyl (C=O) groups excluding carboxylic acids is 3. The molecule has 0 bridgehead atoms. The summed E-state index contributed by atoms with van der Waals surface area (Å²) in [7, 11) is 1.57. The van der Waals surface area contributed by atoms with Crippen LogP contribution < -0.4 is 25.5 Å². The Balaban J connectivity index is 1.48. The molecule has 180 valence electrons. The average molecular weight is 475 g/mol. The van der Waals surface area contributed by atoms with E-state index in [0.717, 1.165) is 11.1 Å². The Morgan fingerprint density at radius 2 is 1.71 bits per heavy atom. The molecule has 0 aliphatic rings. The van der Waals surface area contributed by atoms with Gasteiger partial charge >= 0.3 is 11.8 Å². The van der Waals surface area contributed by atoms with Crippen LogP contribution in [-0.2, 0) is 20.9 Å². The number of hydrogen-bond acceptors (Lipinski definition) is 6. The fraction of sp³-hybridized carbons (Fsp3) is 0.154. The maximum absolute atomic E-state index is 12.2. The molecule has 9 nitrogen and oxygen atoms in total. The zero-order valence-corrected chi connectivity index (χ0v) is 19.4. The lowest BCUT2D eigenvalue weighted by atomic mass is 10.2. The van der Waals surface area contributed by atoms with E-state index in [1.54, 1.807) is 61.7 Å². The molecule has 0 unspecified atom stereocenters. The molecule has 0 fully saturated rings. The van der Waals surface area contributed by atoms with E-state index in [0.29, 0.717) is 22.7 Å². The maximum Gasteiger partial charge on any atom is 0.329 e. The normalized spacial score (nSPS) is 10.5. The van der Waals surface area contributed by atoms with Gasteiger partial charge in [-0.05, 0) is 54.4 Å². The monoisotopic (exact) mass is 474 g/mol. The first-order valence-corrected chi connectivity index (χ1v) is 10.8. The van der Waals surface area contributed by atoms with Gasteiger partial charge in [-0.2, -0.15) is 5.10 Å². The lowest BCUT2D eigenvalue weighted by Gasteiger charge is -2.10. The van der Waals surface area contributed by atoms with Crippen LogP contribution in [0.25, 0.3) is 0 Å². The third-order valence-electron chi connectivity index (χ3n) is 4.77. The minimum absolute atomic E-state index is 0.182. The molecule has 9 heteroatoms. The lowest BCUT2D eigenvalue weighted by molar-refractivity contribution is -0.139. The molecule has 3 aromatic carbocycles. The number of amides is 3. The van der Waals surface area contributed by atoms with E-state index >= 15 is 0 Å². The summed E-state index contributed by atoms with van der Waals surface area (Å²) in [5, 5.41) is 9.11. The van der Waals surface area contributed by atoms with Crippen LogP contribution in [-0.4, -0.2) is 37.7 Å². The van der Waals surface area contributed by atoms with Crippen molar-refractivity contribution in [2.75, 3.05) is 19.0 Å². The minimum Gasteiger partial charge on any atom is -0.497 e. The highest BCUT2D eigenvalue weighted by molar-refractivity contribution is 6.35. The van der Waals surface area contributed by atoms with Crippen molar-refractivity contribution in [2.24, 2.45) is 5.10 Å². The third kappa shape index (κ3) is 8.01. The van der Waals surface area contributed by atoms with Crippen LogP contribution in [0.4, 0.5) is 5.69 Å². The number of methoxy groups -OCH3 is 1. The van der Waals surface area contributed by atoms with Crippen LogP contribution >= 0.6 is 0 Å². The van der Waals surface area contributed by atoms with Crippen molar-refractivity contribution in [1.82, 2.24) is 10.7 Å². The average Bonchev–Trinajstić information content (AvgIpc) is 2.87. The Kier molecular flexibility index (Phi) is 8.95.